The third-order valence-corrected chi connectivity index (χ3v) is 4.17. The first-order valence-electron chi connectivity index (χ1n) is 7.89. The van der Waals surface area contributed by atoms with Gasteiger partial charge in [-0.3, -0.25) is 4.79 Å². The van der Waals surface area contributed by atoms with E-state index in [2.05, 4.69) is 17.6 Å². The largest absolute Gasteiger partial charge is 0.325 e. The molecule has 2 unspecified atom stereocenters. The van der Waals surface area contributed by atoms with Gasteiger partial charge in [0.1, 0.15) is 5.82 Å². The Balaban J connectivity index is 1.61. The van der Waals surface area contributed by atoms with Gasteiger partial charge in [0.25, 0.3) is 0 Å². The number of carbonyl (C=O) groups is 1. The van der Waals surface area contributed by atoms with Crippen molar-refractivity contribution in [1.82, 2.24) is 5.32 Å². The molecule has 1 aromatic rings. The van der Waals surface area contributed by atoms with Crippen LogP contribution in [0.4, 0.5) is 10.1 Å². The fraction of sp³-hybridized carbons (Fsp3) is 0.588. The zero-order valence-corrected chi connectivity index (χ0v) is 12.7. The second kappa shape index (κ2) is 8.13. The summed E-state index contributed by atoms with van der Waals surface area (Å²) in [5, 5.41) is 5.86. The standard InChI is InChI=1S/C17H25FN2O/c1-13-4-2-5-14(10-13)8-9-19-12-17(21)20-16-7-3-6-15(18)11-16/h3,6-7,11,13-14,19H,2,4-5,8-10,12H2,1H3,(H,20,21). The van der Waals surface area contributed by atoms with E-state index in [0.29, 0.717) is 5.69 Å². The molecule has 2 N–H and O–H groups in total. The van der Waals surface area contributed by atoms with Crippen LogP contribution in [-0.2, 0) is 4.79 Å². The predicted molar refractivity (Wildman–Crippen MR) is 83.6 cm³/mol. The van der Waals surface area contributed by atoms with Gasteiger partial charge in [0.2, 0.25) is 5.91 Å². The van der Waals surface area contributed by atoms with Gasteiger partial charge in [-0.2, -0.15) is 0 Å². The van der Waals surface area contributed by atoms with E-state index in [0.717, 1.165) is 24.8 Å². The van der Waals surface area contributed by atoms with Crippen molar-refractivity contribution >= 4 is 11.6 Å². The van der Waals surface area contributed by atoms with E-state index in [4.69, 9.17) is 0 Å². The zero-order valence-electron chi connectivity index (χ0n) is 12.7. The van der Waals surface area contributed by atoms with Crippen LogP contribution in [0.15, 0.2) is 24.3 Å². The minimum atomic E-state index is -0.341. The highest BCUT2D eigenvalue weighted by atomic mass is 19.1. The van der Waals surface area contributed by atoms with Gasteiger partial charge < -0.3 is 10.6 Å². The van der Waals surface area contributed by atoms with Crippen molar-refractivity contribution in [3.63, 3.8) is 0 Å². The van der Waals surface area contributed by atoms with Crippen molar-refractivity contribution in [2.24, 2.45) is 11.8 Å². The SMILES string of the molecule is CC1CCCC(CCNCC(=O)Nc2cccc(F)c2)C1. The van der Waals surface area contributed by atoms with Gasteiger partial charge in [-0.25, -0.2) is 4.39 Å². The van der Waals surface area contributed by atoms with Gasteiger partial charge in [0.15, 0.2) is 0 Å². The average Bonchev–Trinajstić information content (AvgIpc) is 2.44. The van der Waals surface area contributed by atoms with Crippen molar-refractivity contribution in [3.05, 3.63) is 30.1 Å². The summed E-state index contributed by atoms with van der Waals surface area (Å²) < 4.78 is 13.0. The van der Waals surface area contributed by atoms with Crippen LogP contribution in [0.2, 0.25) is 0 Å². The highest BCUT2D eigenvalue weighted by molar-refractivity contribution is 5.92. The van der Waals surface area contributed by atoms with E-state index in [-0.39, 0.29) is 18.3 Å². The fourth-order valence-corrected chi connectivity index (χ4v) is 3.10. The first kappa shape index (κ1) is 16.0. The van der Waals surface area contributed by atoms with Crippen LogP contribution in [0, 0.1) is 17.7 Å². The summed E-state index contributed by atoms with van der Waals surface area (Å²) in [6.45, 7) is 3.47. The molecule has 2 atom stereocenters. The molecular weight excluding hydrogens is 267 g/mol. The Bertz CT molecular complexity index is 464. The maximum atomic E-state index is 13.0. The van der Waals surface area contributed by atoms with Gasteiger partial charge in [-0.05, 0) is 49.4 Å². The van der Waals surface area contributed by atoms with Gasteiger partial charge in [-0.1, -0.05) is 32.3 Å². The predicted octanol–water partition coefficient (Wildman–Crippen LogP) is 3.57. The molecule has 0 aliphatic heterocycles. The number of hydrogen-bond acceptors (Lipinski definition) is 2. The number of halogens is 1. The third-order valence-electron chi connectivity index (χ3n) is 4.17. The first-order chi connectivity index (χ1) is 10.1. The van der Waals surface area contributed by atoms with E-state index in [9.17, 15) is 9.18 Å². The molecule has 1 amide bonds. The molecule has 0 bridgehead atoms. The zero-order chi connectivity index (χ0) is 15.1. The average molecular weight is 292 g/mol. The third kappa shape index (κ3) is 5.84. The number of hydrogen-bond donors (Lipinski definition) is 2. The molecule has 0 aromatic heterocycles. The molecule has 4 heteroatoms. The summed E-state index contributed by atoms with van der Waals surface area (Å²) in [6, 6.07) is 5.95. The van der Waals surface area contributed by atoms with Gasteiger partial charge >= 0.3 is 0 Å². The second-order valence-corrected chi connectivity index (χ2v) is 6.16. The topological polar surface area (TPSA) is 41.1 Å². The highest BCUT2D eigenvalue weighted by Gasteiger charge is 2.18. The molecule has 0 saturated heterocycles. The summed E-state index contributed by atoms with van der Waals surface area (Å²) in [7, 11) is 0. The molecule has 0 heterocycles. The summed E-state index contributed by atoms with van der Waals surface area (Å²) in [4.78, 5) is 11.7. The lowest BCUT2D eigenvalue weighted by Crippen LogP contribution is -2.30. The molecule has 1 saturated carbocycles. The van der Waals surface area contributed by atoms with E-state index < -0.39 is 0 Å². The monoisotopic (exact) mass is 292 g/mol. The van der Waals surface area contributed by atoms with Gasteiger partial charge in [0, 0.05) is 5.69 Å². The molecule has 0 spiro atoms. The van der Waals surface area contributed by atoms with Crippen LogP contribution in [-0.4, -0.2) is 19.0 Å². The van der Waals surface area contributed by atoms with Crippen molar-refractivity contribution in [2.45, 2.75) is 39.0 Å². The number of amides is 1. The van der Waals surface area contributed by atoms with Crippen LogP contribution in [0.3, 0.4) is 0 Å². The molecule has 1 aliphatic rings. The molecule has 0 radical (unpaired) electrons. The smallest absolute Gasteiger partial charge is 0.238 e. The maximum Gasteiger partial charge on any atom is 0.238 e. The van der Waals surface area contributed by atoms with Crippen LogP contribution in [0.1, 0.15) is 39.0 Å². The Labute approximate surface area is 126 Å². The van der Waals surface area contributed by atoms with Gasteiger partial charge in [-0.15, -0.1) is 0 Å². The van der Waals surface area contributed by atoms with Crippen molar-refractivity contribution in [1.29, 1.82) is 0 Å². The lowest BCUT2D eigenvalue weighted by atomic mass is 9.81. The van der Waals surface area contributed by atoms with Crippen LogP contribution in [0.25, 0.3) is 0 Å². The maximum absolute atomic E-state index is 13.0. The molecular formula is C17H25FN2O. The van der Waals surface area contributed by atoms with E-state index >= 15 is 0 Å². The van der Waals surface area contributed by atoms with Crippen molar-refractivity contribution in [3.8, 4) is 0 Å². The summed E-state index contributed by atoms with van der Waals surface area (Å²) in [6.07, 6.45) is 6.47. The Morgan fingerprint density at radius 2 is 2.24 bits per heavy atom. The molecule has 1 fully saturated rings. The minimum absolute atomic E-state index is 0.127. The Hall–Kier alpha value is -1.42. The van der Waals surface area contributed by atoms with Crippen molar-refractivity contribution < 1.29 is 9.18 Å². The fourth-order valence-electron chi connectivity index (χ4n) is 3.10. The molecule has 1 aromatic carbocycles. The number of rotatable bonds is 6. The van der Waals surface area contributed by atoms with E-state index in [1.165, 1.54) is 37.8 Å². The molecule has 2 rings (SSSR count). The normalized spacial score (nSPS) is 22.0. The quantitative estimate of drug-likeness (QED) is 0.787. The minimum Gasteiger partial charge on any atom is -0.325 e. The van der Waals surface area contributed by atoms with Crippen LogP contribution < -0.4 is 10.6 Å². The van der Waals surface area contributed by atoms with Crippen LogP contribution in [0.5, 0.6) is 0 Å². The number of anilines is 1. The summed E-state index contributed by atoms with van der Waals surface area (Å²) in [5.41, 5.74) is 0.503. The van der Waals surface area contributed by atoms with E-state index in [1.54, 1.807) is 12.1 Å². The molecule has 3 nitrogen and oxygen atoms in total. The van der Waals surface area contributed by atoms with E-state index in [1.807, 2.05) is 0 Å². The number of nitrogens with one attached hydrogen (secondary N) is 2. The lowest BCUT2D eigenvalue weighted by molar-refractivity contribution is -0.115. The summed E-state index contributed by atoms with van der Waals surface area (Å²) in [5.74, 6) is 1.18. The molecule has 1 aliphatic carbocycles. The Kier molecular flexibility index (Phi) is 6.18. The highest BCUT2D eigenvalue weighted by Crippen LogP contribution is 2.30. The number of carbonyl (C=O) groups excluding carboxylic acids is 1. The Morgan fingerprint density at radius 1 is 1.38 bits per heavy atom. The van der Waals surface area contributed by atoms with Crippen LogP contribution >= 0.6 is 0 Å². The first-order valence-corrected chi connectivity index (χ1v) is 7.89. The Morgan fingerprint density at radius 3 is 3.00 bits per heavy atom. The lowest BCUT2D eigenvalue weighted by Gasteiger charge is -2.26. The summed E-state index contributed by atoms with van der Waals surface area (Å²) >= 11 is 0. The van der Waals surface area contributed by atoms with Crippen molar-refractivity contribution in [2.75, 3.05) is 18.4 Å². The molecule has 116 valence electrons. The second-order valence-electron chi connectivity index (χ2n) is 6.16. The number of benzene rings is 1. The molecule has 21 heavy (non-hydrogen) atoms. The van der Waals surface area contributed by atoms with Gasteiger partial charge in [0.05, 0.1) is 6.54 Å².